The van der Waals surface area contributed by atoms with Crippen LogP contribution in [0.3, 0.4) is 0 Å². The standard InChI is InChI=1S/C11H15N3OS/c1-7-6-16-11(13-7)5-10(14-12)9-3-4-15-8(9)2/h3-4,6,10,14H,5,12H2,1-2H3. The van der Waals surface area contributed by atoms with Crippen molar-refractivity contribution in [3.63, 3.8) is 0 Å². The molecule has 0 aromatic carbocycles. The van der Waals surface area contributed by atoms with Crippen molar-refractivity contribution in [1.29, 1.82) is 0 Å². The summed E-state index contributed by atoms with van der Waals surface area (Å²) >= 11 is 1.66. The highest BCUT2D eigenvalue weighted by molar-refractivity contribution is 7.09. The molecule has 1 unspecified atom stereocenters. The number of rotatable bonds is 4. The molecule has 0 spiro atoms. The van der Waals surface area contributed by atoms with Gasteiger partial charge in [-0.2, -0.15) is 0 Å². The predicted octanol–water partition coefficient (Wildman–Crippen LogP) is 2.10. The van der Waals surface area contributed by atoms with E-state index in [1.54, 1.807) is 17.6 Å². The quantitative estimate of drug-likeness (QED) is 0.631. The Bertz CT molecular complexity index is 463. The Morgan fingerprint density at radius 3 is 2.88 bits per heavy atom. The van der Waals surface area contributed by atoms with E-state index in [1.165, 1.54) is 0 Å². The van der Waals surface area contributed by atoms with E-state index < -0.39 is 0 Å². The van der Waals surface area contributed by atoms with Crippen LogP contribution in [0.4, 0.5) is 0 Å². The maximum absolute atomic E-state index is 5.57. The summed E-state index contributed by atoms with van der Waals surface area (Å²) in [4.78, 5) is 4.43. The minimum absolute atomic E-state index is 0.0595. The lowest BCUT2D eigenvalue weighted by Crippen LogP contribution is -2.29. The number of nitrogens with two attached hydrogens (primary N) is 1. The summed E-state index contributed by atoms with van der Waals surface area (Å²) < 4.78 is 5.28. The molecule has 2 aromatic heterocycles. The highest BCUT2D eigenvalue weighted by atomic mass is 32.1. The number of aromatic nitrogens is 1. The van der Waals surface area contributed by atoms with E-state index >= 15 is 0 Å². The maximum atomic E-state index is 5.57. The lowest BCUT2D eigenvalue weighted by Gasteiger charge is -2.13. The van der Waals surface area contributed by atoms with Crippen LogP contribution in [-0.4, -0.2) is 4.98 Å². The molecule has 1 atom stereocenters. The molecule has 2 rings (SSSR count). The fourth-order valence-corrected chi connectivity index (χ4v) is 2.50. The van der Waals surface area contributed by atoms with Gasteiger partial charge < -0.3 is 4.42 Å². The van der Waals surface area contributed by atoms with Gasteiger partial charge >= 0.3 is 0 Å². The first kappa shape index (κ1) is 11.3. The molecule has 2 heterocycles. The molecular weight excluding hydrogens is 222 g/mol. The first-order chi connectivity index (χ1) is 7.70. The zero-order valence-electron chi connectivity index (χ0n) is 9.36. The highest BCUT2D eigenvalue weighted by Gasteiger charge is 2.16. The van der Waals surface area contributed by atoms with Gasteiger partial charge in [-0.05, 0) is 19.9 Å². The Balaban J connectivity index is 2.15. The Morgan fingerprint density at radius 2 is 2.38 bits per heavy atom. The van der Waals surface area contributed by atoms with E-state index in [0.717, 1.165) is 28.4 Å². The molecule has 0 amide bonds. The minimum atomic E-state index is 0.0595. The first-order valence-electron chi connectivity index (χ1n) is 5.12. The SMILES string of the molecule is Cc1csc(CC(NN)c2ccoc2C)n1. The van der Waals surface area contributed by atoms with E-state index in [-0.39, 0.29) is 6.04 Å². The molecular formula is C11H15N3OS. The summed E-state index contributed by atoms with van der Waals surface area (Å²) in [6.45, 7) is 3.93. The normalized spacial score (nSPS) is 12.9. The summed E-state index contributed by atoms with van der Waals surface area (Å²) in [5, 5.41) is 3.13. The van der Waals surface area contributed by atoms with Crippen molar-refractivity contribution in [3.8, 4) is 0 Å². The number of nitrogens with zero attached hydrogens (tertiary/aromatic N) is 1. The lowest BCUT2D eigenvalue weighted by molar-refractivity contribution is 0.501. The van der Waals surface area contributed by atoms with Crippen LogP contribution in [0.1, 0.15) is 28.1 Å². The number of hydrazine groups is 1. The van der Waals surface area contributed by atoms with Gasteiger partial charge in [0, 0.05) is 23.1 Å². The molecule has 0 saturated heterocycles. The van der Waals surface area contributed by atoms with Gasteiger partial charge in [0.25, 0.3) is 0 Å². The van der Waals surface area contributed by atoms with Crippen molar-refractivity contribution < 1.29 is 4.42 Å². The number of aryl methyl sites for hydroxylation is 2. The molecule has 16 heavy (non-hydrogen) atoms. The van der Waals surface area contributed by atoms with Crippen molar-refractivity contribution in [1.82, 2.24) is 10.4 Å². The summed E-state index contributed by atoms with van der Waals surface area (Å²) in [7, 11) is 0. The van der Waals surface area contributed by atoms with Crippen LogP contribution in [0.5, 0.6) is 0 Å². The van der Waals surface area contributed by atoms with E-state index in [0.29, 0.717) is 0 Å². The highest BCUT2D eigenvalue weighted by Crippen LogP contribution is 2.23. The number of furan rings is 1. The summed E-state index contributed by atoms with van der Waals surface area (Å²) in [6, 6.07) is 2.00. The van der Waals surface area contributed by atoms with Crippen LogP contribution in [0.15, 0.2) is 22.1 Å². The molecule has 0 bridgehead atoms. The third kappa shape index (κ3) is 2.32. The van der Waals surface area contributed by atoms with Gasteiger partial charge in [0.1, 0.15) is 5.76 Å². The number of hydrogen-bond acceptors (Lipinski definition) is 5. The Hall–Kier alpha value is -1.17. The smallest absolute Gasteiger partial charge is 0.105 e. The van der Waals surface area contributed by atoms with Crippen molar-refractivity contribution in [2.75, 3.05) is 0 Å². The summed E-state index contributed by atoms with van der Waals surface area (Å²) in [5.74, 6) is 6.47. The molecule has 0 fully saturated rings. The molecule has 0 aliphatic carbocycles. The molecule has 0 saturated carbocycles. The summed E-state index contributed by atoms with van der Waals surface area (Å²) in [5.41, 5.74) is 4.96. The topological polar surface area (TPSA) is 64.1 Å². The summed E-state index contributed by atoms with van der Waals surface area (Å²) in [6.07, 6.45) is 2.47. The molecule has 2 aromatic rings. The van der Waals surface area contributed by atoms with Crippen LogP contribution >= 0.6 is 11.3 Å². The zero-order valence-corrected chi connectivity index (χ0v) is 10.2. The van der Waals surface area contributed by atoms with Crippen LogP contribution < -0.4 is 11.3 Å². The van der Waals surface area contributed by atoms with Crippen molar-refractivity contribution >= 4 is 11.3 Å². The first-order valence-corrected chi connectivity index (χ1v) is 6.00. The maximum Gasteiger partial charge on any atom is 0.105 e. The third-order valence-electron chi connectivity index (χ3n) is 2.52. The second-order valence-electron chi connectivity index (χ2n) is 3.74. The van der Waals surface area contributed by atoms with E-state index in [2.05, 4.69) is 10.4 Å². The van der Waals surface area contributed by atoms with E-state index in [9.17, 15) is 0 Å². The molecule has 3 N–H and O–H groups in total. The van der Waals surface area contributed by atoms with Crippen LogP contribution in [0, 0.1) is 13.8 Å². The van der Waals surface area contributed by atoms with Gasteiger partial charge in [0.15, 0.2) is 0 Å². The molecule has 4 nitrogen and oxygen atoms in total. The van der Waals surface area contributed by atoms with Crippen LogP contribution in [0.2, 0.25) is 0 Å². The minimum Gasteiger partial charge on any atom is -0.469 e. The molecule has 86 valence electrons. The number of nitrogens with one attached hydrogen (secondary N) is 1. The number of thiazole rings is 1. The van der Waals surface area contributed by atoms with Gasteiger partial charge in [0.2, 0.25) is 0 Å². The van der Waals surface area contributed by atoms with Crippen molar-refractivity contribution in [3.05, 3.63) is 39.7 Å². The molecule has 0 radical (unpaired) electrons. The van der Waals surface area contributed by atoms with Gasteiger partial charge in [-0.25, -0.2) is 4.98 Å². The van der Waals surface area contributed by atoms with Crippen LogP contribution in [0.25, 0.3) is 0 Å². The zero-order chi connectivity index (χ0) is 11.5. The van der Waals surface area contributed by atoms with Gasteiger partial charge in [0.05, 0.1) is 17.3 Å². The fourth-order valence-electron chi connectivity index (χ4n) is 1.69. The Kier molecular flexibility index (Phi) is 3.38. The van der Waals surface area contributed by atoms with E-state index in [4.69, 9.17) is 10.3 Å². The Morgan fingerprint density at radius 1 is 1.56 bits per heavy atom. The Labute approximate surface area is 98.5 Å². The average Bonchev–Trinajstić information content (AvgIpc) is 2.84. The predicted molar refractivity (Wildman–Crippen MR) is 64.1 cm³/mol. The van der Waals surface area contributed by atoms with Gasteiger partial charge in [-0.3, -0.25) is 11.3 Å². The van der Waals surface area contributed by atoms with Crippen molar-refractivity contribution in [2.45, 2.75) is 26.3 Å². The molecule has 5 heteroatoms. The molecule has 0 aliphatic rings. The second-order valence-corrected chi connectivity index (χ2v) is 4.68. The number of hydrogen-bond donors (Lipinski definition) is 2. The monoisotopic (exact) mass is 237 g/mol. The average molecular weight is 237 g/mol. The van der Waals surface area contributed by atoms with Crippen LogP contribution in [-0.2, 0) is 6.42 Å². The largest absolute Gasteiger partial charge is 0.469 e. The second kappa shape index (κ2) is 4.78. The third-order valence-corrected chi connectivity index (χ3v) is 3.51. The fraction of sp³-hybridized carbons (Fsp3) is 0.364. The van der Waals surface area contributed by atoms with Crippen molar-refractivity contribution in [2.24, 2.45) is 5.84 Å². The van der Waals surface area contributed by atoms with Gasteiger partial charge in [-0.15, -0.1) is 11.3 Å². The lowest BCUT2D eigenvalue weighted by atomic mass is 10.1. The van der Waals surface area contributed by atoms with Gasteiger partial charge in [-0.1, -0.05) is 0 Å². The molecule has 0 aliphatic heterocycles. The van der Waals surface area contributed by atoms with E-state index in [1.807, 2.05) is 25.3 Å².